The van der Waals surface area contributed by atoms with E-state index in [1.165, 1.54) is 16.7 Å². The summed E-state index contributed by atoms with van der Waals surface area (Å²) in [6, 6.07) is 6.17. The van der Waals surface area contributed by atoms with Crippen molar-refractivity contribution in [2.24, 2.45) is 0 Å². The number of hydrogen-bond donors (Lipinski definition) is 1. The molecule has 0 radical (unpaired) electrons. The lowest BCUT2D eigenvalue weighted by Crippen LogP contribution is -2.06. The lowest BCUT2D eigenvalue weighted by Gasteiger charge is -2.08. The third kappa shape index (κ3) is 2.57. The van der Waals surface area contributed by atoms with Gasteiger partial charge in [-0.3, -0.25) is 0 Å². The Labute approximate surface area is 131 Å². The first-order chi connectivity index (χ1) is 9.95. The number of hydrogen-bond acceptors (Lipinski definition) is 2. The highest BCUT2D eigenvalue weighted by molar-refractivity contribution is 14.1. The molecular formula is C14H9F3IN3. The number of nitrogen functional groups attached to an aromatic ring is 1. The minimum atomic E-state index is -0.678. The number of anilines is 1. The van der Waals surface area contributed by atoms with Crippen LogP contribution in [0.4, 0.5) is 19.1 Å². The maximum atomic E-state index is 13.7. The van der Waals surface area contributed by atoms with Crippen molar-refractivity contribution in [1.82, 2.24) is 9.55 Å². The van der Waals surface area contributed by atoms with Gasteiger partial charge in [0.25, 0.3) is 0 Å². The number of rotatable bonds is 2. The molecule has 21 heavy (non-hydrogen) atoms. The summed E-state index contributed by atoms with van der Waals surface area (Å²) in [7, 11) is 0. The Morgan fingerprint density at radius 1 is 1.10 bits per heavy atom. The van der Waals surface area contributed by atoms with Gasteiger partial charge in [0.2, 0.25) is 5.95 Å². The van der Waals surface area contributed by atoms with E-state index in [0.717, 1.165) is 12.1 Å². The number of nitrogens with two attached hydrogens (primary N) is 1. The van der Waals surface area contributed by atoms with Gasteiger partial charge in [0.1, 0.15) is 17.5 Å². The molecular weight excluding hydrogens is 394 g/mol. The molecule has 0 bridgehead atoms. The number of imidazole rings is 1. The monoisotopic (exact) mass is 403 g/mol. The van der Waals surface area contributed by atoms with Crippen LogP contribution in [-0.4, -0.2) is 9.55 Å². The highest BCUT2D eigenvalue weighted by atomic mass is 127. The van der Waals surface area contributed by atoms with Gasteiger partial charge in [-0.15, -0.1) is 0 Å². The van der Waals surface area contributed by atoms with Gasteiger partial charge in [-0.05, 0) is 34.7 Å². The van der Waals surface area contributed by atoms with E-state index in [0.29, 0.717) is 14.6 Å². The van der Waals surface area contributed by atoms with Crippen LogP contribution >= 0.6 is 22.6 Å². The molecule has 0 aliphatic heterocycles. The van der Waals surface area contributed by atoms with E-state index < -0.39 is 17.5 Å². The Bertz CT molecular complexity index is 845. The molecule has 0 saturated heterocycles. The summed E-state index contributed by atoms with van der Waals surface area (Å²) in [6.45, 7) is 0.0501. The fraction of sp³-hybridized carbons (Fsp3) is 0.0714. The van der Waals surface area contributed by atoms with E-state index in [4.69, 9.17) is 5.73 Å². The zero-order valence-corrected chi connectivity index (χ0v) is 12.7. The normalized spacial score (nSPS) is 11.2. The van der Waals surface area contributed by atoms with Gasteiger partial charge in [-0.2, -0.15) is 0 Å². The Hall–Kier alpha value is -1.77. The van der Waals surface area contributed by atoms with Gasteiger partial charge in [0.05, 0.1) is 21.1 Å². The summed E-state index contributed by atoms with van der Waals surface area (Å²) < 4.78 is 42.3. The Morgan fingerprint density at radius 3 is 2.57 bits per heavy atom. The molecule has 2 N–H and O–H groups in total. The van der Waals surface area contributed by atoms with Gasteiger partial charge in [-0.25, -0.2) is 18.2 Å². The van der Waals surface area contributed by atoms with Crippen molar-refractivity contribution in [2.75, 3.05) is 5.73 Å². The molecule has 7 heteroatoms. The number of fused-ring (bicyclic) bond motifs is 1. The van der Waals surface area contributed by atoms with E-state index in [9.17, 15) is 13.2 Å². The third-order valence-corrected chi connectivity index (χ3v) is 3.99. The fourth-order valence-electron chi connectivity index (χ4n) is 2.13. The minimum absolute atomic E-state index is 0.0501. The Morgan fingerprint density at radius 2 is 1.86 bits per heavy atom. The first-order valence-corrected chi connectivity index (χ1v) is 7.08. The zero-order valence-electron chi connectivity index (χ0n) is 10.6. The molecule has 0 amide bonds. The molecule has 3 rings (SSSR count). The van der Waals surface area contributed by atoms with Gasteiger partial charge in [0.15, 0.2) is 0 Å². The van der Waals surface area contributed by atoms with Crippen LogP contribution in [0.2, 0.25) is 0 Å². The highest BCUT2D eigenvalue weighted by Crippen LogP contribution is 2.24. The average Bonchev–Trinajstić information content (AvgIpc) is 2.69. The molecule has 0 atom stereocenters. The predicted octanol–water partition coefficient (Wildman–Crippen LogP) is 3.69. The average molecular weight is 403 g/mol. The summed E-state index contributed by atoms with van der Waals surface area (Å²) in [4.78, 5) is 4.13. The summed E-state index contributed by atoms with van der Waals surface area (Å²) >= 11 is 1.86. The Balaban J connectivity index is 2.12. The maximum Gasteiger partial charge on any atom is 0.201 e. The topological polar surface area (TPSA) is 43.8 Å². The lowest BCUT2D eigenvalue weighted by atomic mass is 10.2. The molecule has 3 aromatic rings. The molecule has 0 aliphatic rings. The number of benzene rings is 2. The molecule has 0 saturated carbocycles. The van der Waals surface area contributed by atoms with Gasteiger partial charge in [-0.1, -0.05) is 6.07 Å². The number of aromatic nitrogens is 2. The molecule has 0 aliphatic carbocycles. The van der Waals surface area contributed by atoms with Crippen molar-refractivity contribution >= 4 is 39.6 Å². The van der Waals surface area contributed by atoms with Crippen molar-refractivity contribution in [3.8, 4) is 0 Å². The summed E-state index contributed by atoms with van der Waals surface area (Å²) in [5.74, 6) is -1.58. The predicted molar refractivity (Wildman–Crippen MR) is 82.3 cm³/mol. The lowest BCUT2D eigenvalue weighted by molar-refractivity contribution is 0.568. The zero-order chi connectivity index (χ0) is 15.1. The van der Waals surface area contributed by atoms with Crippen LogP contribution in [0.5, 0.6) is 0 Å². The standard InChI is InChI=1S/C14H9F3IN3/c15-8-2-1-7(9(16)3-8)6-21-13-4-10(17)11(18)5-12(13)20-14(21)19/h1-5H,6H2,(H2,19,20). The molecule has 3 nitrogen and oxygen atoms in total. The van der Waals surface area contributed by atoms with Crippen molar-refractivity contribution in [3.05, 3.63) is 56.9 Å². The fourth-order valence-corrected chi connectivity index (χ4v) is 2.58. The van der Waals surface area contributed by atoms with Gasteiger partial charge in [0, 0.05) is 17.7 Å². The first-order valence-electron chi connectivity index (χ1n) is 6.00. The second-order valence-corrected chi connectivity index (χ2v) is 5.71. The third-order valence-electron chi connectivity index (χ3n) is 3.16. The van der Waals surface area contributed by atoms with Crippen LogP contribution in [0.1, 0.15) is 5.56 Å². The van der Waals surface area contributed by atoms with E-state index >= 15 is 0 Å². The van der Waals surface area contributed by atoms with Crippen LogP contribution in [0, 0.1) is 21.0 Å². The quantitative estimate of drug-likeness (QED) is 0.664. The molecule has 0 spiro atoms. The van der Waals surface area contributed by atoms with E-state index in [1.54, 1.807) is 6.07 Å². The molecule has 1 aromatic heterocycles. The van der Waals surface area contributed by atoms with E-state index in [2.05, 4.69) is 4.98 Å². The number of halogens is 4. The Kier molecular flexibility index (Phi) is 3.52. The van der Waals surface area contributed by atoms with Gasteiger partial charge < -0.3 is 10.3 Å². The summed E-state index contributed by atoms with van der Waals surface area (Å²) in [6.07, 6.45) is 0. The minimum Gasteiger partial charge on any atom is -0.369 e. The van der Waals surface area contributed by atoms with Crippen molar-refractivity contribution in [2.45, 2.75) is 6.54 Å². The summed E-state index contributed by atoms with van der Waals surface area (Å²) in [5, 5.41) is 0. The summed E-state index contributed by atoms with van der Waals surface area (Å²) in [5.41, 5.74) is 7.06. The second kappa shape index (κ2) is 5.21. The van der Waals surface area contributed by atoms with Crippen LogP contribution in [0.25, 0.3) is 11.0 Å². The van der Waals surface area contributed by atoms with Crippen LogP contribution in [0.3, 0.4) is 0 Å². The molecule has 0 fully saturated rings. The maximum absolute atomic E-state index is 13.7. The van der Waals surface area contributed by atoms with Crippen LogP contribution < -0.4 is 5.73 Å². The molecule has 1 heterocycles. The SMILES string of the molecule is Nc1nc2cc(I)c(F)cc2n1Cc1ccc(F)cc1F. The number of nitrogens with zero attached hydrogens (tertiary/aromatic N) is 2. The molecule has 0 unspecified atom stereocenters. The van der Waals surface area contributed by atoms with Crippen molar-refractivity contribution in [1.29, 1.82) is 0 Å². The van der Waals surface area contributed by atoms with Crippen LogP contribution in [0.15, 0.2) is 30.3 Å². The van der Waals surface area contributed by atoms with Gasteiger partial charge >= 0.3 is 0 Å². The largest absolute Gasteiger partial charge is 0.369 e. The van der Waals surface area contributed by atoms with Crippen molar-refractivity contribution in [3.63, 3.8) is 0 Å². The van der Waals surface area contributed by atoms with E-state index in [-0.39, 0.29) is 18.1 Å². The highest BCUT2D eigenvalue weighted by Gasteiger charge is 2.13. The van der Waals surface area contributed by atoms with E-state index in [1.807, 2.05) is 22.6 Å². The first kappa shape index (κ1) is 14.2. The molecule has 108 valence electrons. The second-order valence-electron chi connectivity index (χ2n) is 4.55. The molecule has 2 aromatic carbocycles. The van der Waals surface area contributed by atoms with Crippen LogP contribution in [-0.2, 0) is 6.54 Å². The smallest absolute Gasteiger partial charge is 0.201 e. The van der Waals surface area contributed by atoms with Crippen molar-refractivity contribution < 1.29 is 13.2 Å².